The van der Waals surface area contributed by atoms with E-state index in [0.29, 0.717) is 6.04 Å². The van der Waals surface area contributed by atoms with Gasteiger partial charge in [0.2, 0.25) is 0 Å². The Kier molecular flexibility index (Phi) is 4.64. The summed E-state index contributed by atoms with van der Waals surface area (Å²) in [4.78, 5) is 2.57. The van der Waals surface area contributed by atoms with Gasteiger partial charge in [0.15, 0.2) is 0 Å². The van der Waals surface area contributed by atoms with Crippen molar-refractivity contribution >= 4 is 28.3 Å². The number of hydrogen-bond acceptors (Lipinski definition) is 2. The molecule has 2 fully saturated rings. The standard InChI is InChI=1S/C16H23IN2/c17-14-7-4-8-15(11-14)19-10-9-18-16(12-19)13-5-2-1-3-6-13/h4,7-8,11,13,16,18H,1-3,5-6,9-10,12H2. The number of nitrogens with one attached hydrogen (secondary N) is 1. The van der Waals surface area contributed by atoms with E-state index in [-0.39, 0.29) is 0 Å². The summed E-state index contributed by atoms with van der Waals surface area (Å²) < 4.78 is 1.34. The minimum atomic E-state index is 0.701. The lowest BCUT2D eigenvalue weighted by Crippen LogP contribution is -2.54. The van der Waals surface area contributed by atoms with Gasteiger partial charge in [0.25, 0.3) is 0 Å². The molecule has 1 heterocycles. The summed E-state index contributed by atoms with van der Waals surface area (Å²) >= 11 is 2.41. The molecule has 0 aromatic heterocycles. The predicted molar refractivity (Wildman–Crippen MR) is 89.7 cm³/mol. The van der Waals surface area contributed by atoms with Gasteiger partial charge >= 0.3 is 0 Å². The Balaban J connectivity index is 1.67. The maximum atomic E-state index is 3.76. The quantitative estimate of drug-likeness (QED) is 0.800. The van der Waals surface area contributed by atoms with Crippen molar-refractivity contribution in [2.24, 2.45) is 5.92 Å². The lowest BCUT2D eigenvalue weighted by atomic mass is 9.83. The zero-order valence-corrected chi connectivity index (χ0v) is 13.6. The minimum Gasteiger partial charge on any atom is -0.369 e. The first-order chi connectivity index (χ1) is 9.33. The van der Waals surface area contributed by atoms with Gasteiger partial charge in [-0.15, -0.1) is 0 Å². The van der Waals surface area contributed by atoms with E-state index >= 15 is 0 Å². The van der Waals surface area contributed by atoms with E-state index in [0.717, 1.165) is 19.0 Å². The van der Waals surface area contributed by atoms with Crippen LogP contribution in [0.25, 0.3) is 0 Å². The fraction of sp³-hybridized carbons (Fsp3) is 0.625. The zero-order chi connectivity index (χ0) is 13.1. The number of piperazine rings is 1. The summed E-state index contributed by atoms with van der Waals surface area (Å²) in [6, 6.07) is 9.61. The first kappa shape index (κ1) is 13.7. The average Bonchev–Trinajstić information content (AvgIpc) is 2.48. The van der Waals surface area contributed by atoms with Crippen molar-refractivity contribution in [3.63, 3.8) is 0 Å². The largest absolute Gasteiger partial charge is 0.369 e. The van der Waals surface area contributed by atoms with Crippen LogP contribution < -0.4 is 10.2 Å². The van der Waals surface area contributed by atoms with E-state index in [2.05, 4.69) is 57.1 Å². The molecule has 1 atom stereocenters. The van der Waals surface area contributed by atoms with Crippen molar-refractivity contribution in [2.45, 2.75) is 38.1 Å². The Labute approximate surface area is 130 Å². The third kappa shape index (κ3) is 3.43. The molecular weight excluding hydrogens is 347 g/mol. The van der Waals surface area contributed by atoms with Gasteiger partial charge < -0.3 is 10.2 Å². The third-order valence-corrected chi connectivity index (χ3v) is 5.27. The van der Waals surface area contributed by atoms with Crippen molar-refractivity contribution in [1.29, 1.82) is 0 Å². The van der Waals surface area contributed by atoms with Crippen molar-refractivity contribution < 1.29 is 0 Å². The molecule has 0 radical (unpaired) electrons. The summed E-state index contributed by atoms with van der Waals surface area (Å²) in [5, 5.41) is 3.76. The molecule has 1 N–H and O–H groups in total. The molecule has 1 saturated heterocycles. The molecule has 1 aromatic carbocycles. The second kappa shape index (κ2) is 6.44. The monoisotopic (exact) mass is 370 g/mol. The van der Waals surface area contributed by atoms with Gasteiger partial charge in [-0.1, -0.05) is 25.3 Å². The van der Waals surface area contributed by atoms with Gasteiger partial charge in [0.1, 0.15) is 0 Å². The molecule has 0 amide bonds. The Hall–Kier alpha value is -0.290. The molecule has 0 spiro atoms. The highest BCUT2D eigenvalue weighted by Gasteiger charge is 2.28. The molecule has 104 valence electrons. The van der Waals surface area contributed by atoms with Crippen molar-refractivity contribution in [2.75, 3.05) is 24.5 Å². The maximum absolute atomic E-state index is 3.76. The normalized spacial score (nSPS) is 25.5. The fourth-order valence-electron chi connectivity index (χ4n) is 3.54. The van der Waals surface area contributed by atoms with Crippen LogP contribution in [-0.4, -0.2) is 25.7 Å². The molecule has 3 heteroatoms. The van der Waals surface area contributed by atoms with Gasteiger partial charge in [-0.25, -0.2) is 0 Å². The van der Waals surface area contributed by atoms with Crippen LogP contribution in [0, 0.1) is 9.49 Å². The second-order valence-corrected chi connectivity index (χ2v) is 7.13. The van der Waals surface area contributed by atoms with E-state index in [1.165, 1.54) is 47.9 Å². The summed E-state index contributed by atoms with van der Waals surface area (Å²) in [6.45, 7) is 3.46. The molecule has 1 unspecified atom stereocenters. The van der Waals surface area contributed by atoms with Crippen LogP contribution in [0.1, 0.15) is 32.1 Å². The zero-order valence-electron chi connectivity index (χ0n) is 11.4. The highest BCUT2D eigenvalue weighted by atomic mass is 127. The highest BCUT2D eigenvalue weighted by Crippen LogP contribution is 2.29. The van der Waals surface area contributed by atoms with Gasteiger partial charge in [-0.3, -0.25) is 0 Å². The number of nitrogens with zero attached hydrogens (tertiary/aromatic N) is 1. The van der Waals surface area contributed by atoms with Crippen LogP contribution in [0.5, 0.6) is 0 Å². The minimum absolute atomic E-state index is 0.701. The first-order valence-electron chi connectivity index (χ1n) is 7.57. The number of benzene rings is 1. The Bertz CT molecular complexity index is 415. The van der Waals surface area contributed by atoms with Crippen LogP contribution in [0.15, 0.2) is 24.3 Å². The van der Waals surface area contributed by atoms with Crippen LogP contribution in [0.4, 0.5) is 5.69 Å². The van der Waals surface area contributed by atoms with Crippen molar-refractivity contribution in [1.82, 2.24) is 5.32 Å². The molecule has 1 aromatic rings. The van der Waals surface area contributed by atoms with Crippen molar-refractivity contribution in [3.05, 3.63) is 27.8 Å². The van der Waals surface area contributed by atoms with E-state index in [1.54, 1.807) is 0 Å². The average molecular weight is 370 g/mol. The molecule has 1 aliphatic carbocycles. The topological polar surface area (TPSA) is 15.3 Å². The van der Waals surface area contributed by atoms with Crippen LogP contribution in [0.3, 0.4) is 0 Å². The highest BCUT2D eigenvalue weighted by molar-refractivity contribution is 14.1. The lowest BCUT2D eigenvalue weighted by Gasteiger charge is -2.40. The smallest absolute Gasteiger partial charge is 0.0377 e. The predicted octanol–water partition coefficient (Wildman–Crippen LogP) is 3.65. The SMILES string of the molecule is Ic1cccc(N2CCNC(C3CCCCC3)C2)c1. The molecule has 19 heavy (non-hydrogen) atoms. The fourth-order valence-corrected chi connectivity index (χ4v) is 4.06. The third-order valence-electron chi connectivity index (χ3n) is 4.60. The van der Waals surface area contributed by atoms with E-state index in [9.17, 15) is 0 Å². The van der Waals surface area contributed by atoms with E-state index in [4.69, 9.17) is 0 Å². The summed E-state index contributed by atoms with van der Waals surface area (Å²) in [7, 11) is 0. The second-order valence-electron chi connectivity index (χ2n) is 5.88. The molecule has 2 nitrogen and oxygen atoms in total. The number of hydrogen-bond donors (Lipinski definition) is 1. The summed E-state index contributed by atoms with van der Waals surface area (Å²) in [5.74, 6) is 0.902. The Morgan fingerprint density at radius 2 is 2.00 bits per heavy atom. The molecular formula is C16H23IN2. The molecule has 2 aliphatic rings. The molecule has 0 bridgehead atoms. The number of anilines is 1. The lowest BCUT2D eigenvalue weighted by molar-refractivity contribution is 0.257. The van der Waals surface area contributed by atoms with Gasteiger partial charge in [-0.2, -0.15) is 0 Å². The first-order valence-corrected chi connectivity index (χ1v) is 8.65. The molecule has 1 saturated carbocycles. The Morgan fingerprint density at radius 1 is 1.16 bits per heavy atom. The van der Waals surface area contributed by atoms with E-state index < -0.39 is 0 Å². The van der Waals surface area contributed by atoms with Gasteiger partial charge in [0.05, 0.1) is 0 Å². The molecule has 1 aliphatic heterocycles. The van der Waals surface area contributed by atoms with Crippen LogP contribution in [0.2, 0.25) is 0 Å². The molecule has 3 rings (SSSR count). The van der Waals surface area contributed by atoms with Crippen molar-refractivity contribution in [3.8, 4) is 0 Å². The number of halogens is 1. The van der Waals surface area contributed by atoms with Gasteiger partial charge in [0, 0.05) is 34.9 Å². The van der Waals surface area contributed by atoms with E-state index in [1.807, 2.05) is 0 Å². The van der Waals surface area contributed by atoms with Gasteiger partial charge in [-0.05, 0) is 59.5 Å². The summed E-state index contributed by atoms with van der Waals surface area (Å²) in [5.41, 5.74) is 1.40. The van der Waals surface area contributed by atoms with Crippen LogP contribution in [-0.2, 0) is 0 Å². The number of rotatable bonds is 2. The Morgan fingerprint density at radius 3 is 2.79 bits per heavy atom. The maximum Gasteiger partial charge on any atom is 0.0377 e. The summed E-state index contributed by atoms with van der Waals surface area (Å²) in [6.07, 6.45) is 7.18. The van der Waals surface area contributed by atoms with Crippen LogP contribution >= 0.6 is 22.6 Å².